The lowest BCUT2D eigenvalue weighted by atomic mass is 9.84. The van der Waals surface area contributed by atoms with Crippen LogP contribution >= 0.6 is 0 Å². The number of hydrogen-bond acceptors (Lipinski definition) is 5. The van der Waals surface area contributed by atoms with E-state index in [0.717, 1.165) is 24.2 Å². The zero-order chi connectivity index (χ0) is 16.0. The summed E-state index contributed by atoms with van der Waals surface area (Å²) in [5.41, 5.74) is 1.77. The minimum Gasteiger partial charge on any atom is -0.481 e. The van der Waals surface area contributed by atoms with E-state index in [1.54, 1.807) is 0 Å². The maximum atomic E-state index is 11.3. The lowest BCUT2D eigenvalue weighted by Gasteiger charge is -2.23. The molecule has 0 aliphatic rings. The standard InChI is InChI=1S/C15H26N4O2/c1-6-11-12(7-2)18-19-14(17-11)16-9-10(13(20)21)8-15(3,4)5/h10H,6-9H2,1-5H3,(H,20,21)(H,16,17,19). The maximum Gasteiger partial charge on any atom is 0.308 e. The molecule has 2 N–H and O–H groups in total. The molecule has 0 aliphatic heterocycles. The minimum absolute atomic E-state index is 0.0372. The van der Waals surface area contributed by atoms with E-state index in [2.05, 4.69) is 20.5 Å². The van der Waals surface area contributed by atoms with Gasteiger partial charge in [-0.1, -0.05) is 34.6 Å². The number of carbonyl (C=O) groups is 1. The smallest absolute Gasteiger partial charge is 0.308 e. The van der Waals surface area contributed by atoms with Crippen LogP contribution in [0.15, 0.2) is 0 Å². The highest BCUT2D eigenvalue weighted by Gasteiger charge is 2.24. The van der Waals surface area contributed by atoms with Crippen molar-refractivity contribution in [1.82, 2.24) is 15.2 Å². The fourth-order valence-electron chi connectivity index (χ4n) is 2.21. The summed E-state index contributed by atoms with van der Waals surface area (Å²) in [4.78, 5) is 15.7. The molecule has 0 spiro atoms. The molecule has 6 heteroatoms. The van der Waals surface area contributed by atoms with Gasteiger partial charge in [0.05, 0.1) is 17.3 Å². The third-order valence-electron chi connectivity index (χ3n) is 3.22. The van der Waals surface area contributed by atoms with Gasteiger partial charge in [0.1, 0.15) is 0 Å². The van der Waals surface area contributed by atoms with E-state index >= 15 is 0 Å². The van der Waals surface area contributed by atoms with E-state index in [0.29, 0.717) is 18.9 Å². The molecule has 0 radical (unpaired) electrons. The molecule has 0 bridgehead atoms. The van der Waals surface area contributed by atoms with Crippen LogP contribution in [-0.2, 0) is 17.6 Å². The van der Waals surface area contributed by atoms with Crippen molar-refractivity contribution in [2.24, 2.45) is 11.3 Å². The van der Waals surface area contributed by atoms with Crippen LogP contribution in [0.5, 0.6) is 0 Å². The van der Waals surface area contributed by atoms with Crippen molar-refractivity contribution in [3.63, 3.8) is 0 Å². The van der Waals surface area contributed by atoms with E-state index in [4.69, 9.17) is 0 Å². The second-order valence-corrected chi connectivity index (χ2v) is 6.42. The number of aliphatic carboxylic acids is 1. The first-order valence-corrected chi connectivity index (χ1v) is 7.46. The van der Waals surface area contributed by atoms with Crippen LogP contribution in [0.4, 0.5) is 5.95 Å². The molecular formula is C15H26N4O2. The Labute approximate surface area is 126 Å². The van der Waals surface area contributed by atoms with E-state index in [-0.39, 0.29) is 5.41 Å². The summed E-state index contributed by atoms with van der Waals surface area (Å²) in [6.07, 6.45) is 2.18. The largest absolute Gasteiger partial charge is 0.481 e. The first kappa shape index (κ1) is 17.3. The quantitative estimate of drug-likeness (QED) is 0.803. The molecule has 1 unspecified atom stereocenters. The second kappa shape index (κ2) is 7.33. The second-order valence-electron chi connectivity index (χ2n) is 6.42. The van der Waals surface area contributed by atoms with E-state index < -0.39 is 11.9 Å². The van der Waals surface area contributed by atoms with Crippen molar-refractivity contribution < 1.29 is 9.90 Å². The van der Waals surface area contributed by atoms with Crippen LogP contribution < -0.4 is 5.32 Å². The van der Waals surface area contributed by atoms with Gasteiger partial charge in [0.2, 0.25) is 5.95 Å². The average Bonchev–Trinajstić information content (AvgIpc) is 2.41. The highest BCUT2D eigenvalue weighted by Crippen LogP contribution is 2.24. The van der Waals surface area contributed by atoms with Crippen molar-refractivity contribution >= 4 is 11.9 Å². The predicted octanol–water partition coefficient (Wildman–Crippen LogP) is 2.55. The molecule has 0 saturated heterocycles. The van der Waals surface area contributed by atoms with Crippen LogP contribution in [0.1, 0.15) is 52.4 Å². The highest BCUT2D eigenvalue weighted by molar-refractivity contribution is 5.70. The van der Waals surface area contributed by atoms with Crippen LogP contribution in [0.2, 0.25) is 0 Å². The summed E-state index contributed by atoms with van der Waals surface area (Å²) in [7, 11) is 0. The zero-order valence-electron chi connectivity index (χ0n) is 13.6. The predicted molar refractivity (Wildman–Crippen MR) is 82.3 cm³/mol. The number of rotatable bonds is 7. The van der Waals surface area contributed by atoms with Gasteiger partial charge in [-0.05, 0) is 24.7 Å². The minimum atomic E-state index is -0.800. The van der Waals surface area contributed by atoms with E-state index in [9.17, 15) is 9.90 Å². The molecule has 6 nitrogen and oxygen atoms in total. The van der Waals surface area contributed by atoms with Gasteiger partial charge in [0.25, 0.3) is 0 Å². The number of aryl methyl sites for hydroxylation is 2. The van der Waals surface area contributed by atoms with Crippen molar-refractivity contribution in [3.05, 3.63) is 11.4 Å². The molecule has 0 aromatic carbocycles. The average molecular weight is 294 g/mol. The molecule has 118 valence electrons. The number of hydrogen-bond donors (Lipinski definition) is 2. The van der Waals surface area contributed by atoms with Gasteiger partial charge in [0, 0.05) is 6.54 Å². The lowest BCUT2D eigenvalue weighted by Crippen LogP contribution is -2.28. The Kier molecular flexibility index (Phi) is 6.05. The van der Waals surface area contributed by atoms with Gasteiger partial charge >= 0.3 is 5.97 Å². The fraction of sp³-hybridized carbons (Fsp3) is 0.733. The summed E-state index contributed by atoms with van der Waals surface area (Å²) in [5, 5.41) is 20.5. The zero-order valence-corrected chi connectivity index (χ0v) is 13.6. The molecule has 1 aromatic rings. The van der Waals surface area contributed by atoms with Crippen molar-refractivity contribution in [1.29, 1.82) is 0 Å². The summed E-state index contributed by atoms with van der Waals surface area (Å²) in [5.74, 6) is -0.861. The Balaban J connectivity index is 2.74. The van der Waals surface area contributed by atoms with Gasteiger partial charge in [-0.3, -0.25) is 4.79 Å². The number of aromatic nitrogens is 3. The molecule has 1 aromatic heterocycles. The Morgan fingerprint density at radius 3 is 2.29 bits per heavy atom. The number of anilines is 1. The Bertz CT molecular complexity index is 483. The lowest BCUT2D eigenvalue weighted by molar-refractivity contribution is -0.142. The van der Waals surface area contributed by atoms with Gasteiger partial charge in [-0.2, -0.15) is 5.10 Å². The molecule has 0 saturated carbocycles. The fourth-order valence-corrected chi connectivity index (χ4v) is 2.21. The SMILES string of the molecule is CCc1nnc(NCC(CC(C)(C)C)C(=O)O)nc1CC. The Morgan fingerprint density at radius 2 is 1.81 bits per heavy atom. The van der Waals surface area contributed by atoms with Gasteiger partial charge in [0.15, 0.2) is 0 Å². The third kappa shape index (κ3) is 5.65. The first-order chi connectivity index (χ1) is 9.76. The first-order valence-electron chi connectivity index (χ1n) is 7.46. The van der Waals surface area contributed by atoms with E-state index in [1.165, 1.54) is 0 Å². The van der Waals surface area contributed by atoms with Gasteiger partial charge in [-0.25, -0.2) is 4.98 Å². The maximum absolute atomic E-state index is 11.3. The number of nitrogens with zero attached hydrogens (tertiary/aromatic N) is 3. The monoisotopic (exact) mass is 294 g/mol. The molecule has 0 fully saturated rings. The topological polar surface area (TPSA) is 88.0 Å². The summed E-state index contributed by atoms with van der Waals surface area (Å²) < 4.78 is 0. The molecule has 21 heavy (non-hydrogen) atoms. The number of carboxylic acids is 1. The molecule has 0 amide bonds. The normalized spacial score (nSPS) is 13.0. The van der Waals surface area contributed by atoms with Crippen molar-refractivity contribution in [3.8, 4) is 0 Å². The molecule has 1 heterocycles. The summed E-state index contributed by atoms with van der Waals surface area (Å²) in [6, 6.07) is 0. The highest BCUT2D eigenvalue weighted by atomic mass is 16.4. The van der Waals surface area contributed by atoms with Crippen LogP contribution in [-0.4, -0.2) is 32.8 Å². The van der Waals surface area contributed by atoms with Gasteiger partial charge in [-0.15, -0.1) is 5.10 Å². The molecule has 1 atom stereocenters. The van der Waals surface area contributed by atoms with Crippen LogP contribution in [0.25, 0.3) is 0 Å². The Morgan fingerprint density at radius 1 is 1.19 bits per heavy atom. The van der Waals surface area contributed by atoms with Gasteiger partial charge < -0.3 is 10.4 Å². The number of carboxylic acid groups (broad SMARTS) is 1. The molecule has 1 rings (SSSR count). The van der Waals surface area contributed by atoms with Crippen LogP contribution in [0, 0.1) is 11.3 Å². The third-order valence-corrected chi connectivity index (χ3v) is 3.22. The number of nitrogens with one attached hydrogen (secondary N) is 1. The van der Waals surface area contributed by atoms with Crippen molar-refractivity contribution in [2.45, 2.75) is 53.9 Å². The summed E-state index contributed by atoms with van der Waals surface area (Å²) in [6.45, 7) is 10.4. The molecular weight excluding hydrogens is 268 g/mol. The van der Waals surface area contributed by atoms with Crippen LogP contribution in [0.3, 0.4) is 0 Å². The Hall–Kier alpha value is -1.72. The van der Waals surface area contributed by atoms with E-state index in [1.807, 2.05) is 34.6 Å². The van der Waals surface area contributed by atoms with Crippen molar-refractivity contribution in [2.75, 3.05) is 11.9 Å². The summed E-state index contributed by atoms with van der Waals surface area (Å²) >= 11 is 0. The molecule has 0 aliphatic carbocycles.